The van der Waals surface area contributed by atoms with Crippen molar-refractivity contribution < 1.29 is 0 Å². The Bertz CT molecular complexity index is 607. The third-order valence-corrected chi connectivity index (χ3v) is 3.16. The molecule has 0 amide bonds. The summed E-state index contributed by atoms with van der Waals surface area (Å²) >= 11 is 0. The second-order valence-corrected chi connectivity index (χ2v) is 5.17. The Balaban J connectivity index is 1.90. The standard InChI is InChI=1S/C19H21N/c1-4-5-17-6-8-18(9-7-17)13-20-14-19-11-15(2)10-16(3)12-19/h6-12,20H,13-14H2,1-3H3. The molecule has 0 aliphatic rings. The van der Waals surface area contributed by atoms with E-state index in [1.54, 1.807) is 0 Å². The van der Waals surface area contributed by atoms with Crippen LogP contribution in [0.2, 0.25) is 0 Å². The van der Waals surface area contributed by atoms with Gasteiger partial charge in [0.05, 0.1) is 0 Å². The molecule has 0 heterocycles. The van der Waals surface area contributed by atoms with Gasteiger partial charge < -0.3 is 5.32 Å². The van der Waals surface area contributed by atoms with Crippen LogP contribution in [0.25, 0.3) is 0 Å². The Kier molecular flexibility index (Phi) is 4.98. The Morgan fingerprint density at radius 3 is 2.05 bits per heavy atom. The van der Waals surface area contributed by atoms with Crippen LogP contribution in [0.1, 0.15) is 34.7 Å². The minimum absolute atomic E-state index is 0.882. The van der Waals surface area contributed by atoms with Gasteiger partial charge >= 0.3 is 0 Å². The van der Waals surface area contributed by atoms with Gasteiger partial charge in [0, 0.05) is 18.7 Å². The first kappa shape index (κ1) is 14.4. The van der Waals surface area contributed by atoms with Crippen LogP contribution in [-0.4, -0.2) is 0 Å². The zero-order chi connectivity index (χ0) is 14.4. The number of hydrogen-bond donors (Lipinski definition) is 1. The molecule has 1 nitrogen and oxygen atoms in total. The average molecular weight is 263 g/mol. The Morgan fingerprint density at radius 2 is 1.45 bits per heavy atom. The summed E-state index contributed by atoms with van der Waals surface area (Å²) in [6, 6.07) is 15.1. The van der Waals surface area contributed by atoms with Crippen molar-refractivity contribution in [3.63, 3.8) is 0 Å². The second-order valence-electron chi connectivity index (χ2n) is 5.17. The zero-order valence-corrected chi connectivity index (χ0v) is 12.5. The Hall–Kier alpha value is -2.04. The number of nitrogens with one attached hydrogen (secondary N) is 1. The summed E-state index contributed by atoms with van der Waals surface area (Å²) < 4.78 is 0. The number of benzene rings is 2. The fourth-order valence-corrected chi connectivity index (χ4v) is 2.37. The van der Waals surface area contributed by atoms with Gasteiger partial charge in [0.1, 0.15) is 0 Å². The van der Waals surface area contributed by atoms with Crippen molar-refractivity contribution in [1.82, 2.24) is 5.32 Å². The van der Waals surface area contributed by atoms with E-state index in [2.05, 4.69) is 73.5 Å². The van der Waals surface area contributed by atoms with Crippen molar-refractivity contribution in [2.45, 2.75) is 33.9 Å². The molecular formula is C19H21N. The van der Waals surface area contributed by atoms with Gasteiger partial charge in [-0.15, -0.1) is 5.92 Å². The number of aryl methyl sites for hydroxylation is 2. The maximum atomic E-state index is 3.49. The molecule has 0 unspecified atom stereocenters. The van der Waals surface area contributed by atoms with Crippen LogP contribution < -0.4 is 5.32 Å². The summed E-state index contributed by atoms with van der Waals surface area (Å²) in [7, 11) is 0. The topological polar surface area (TPSA) is 12.0 Å². The maximum absolute atomic E-state index is 3.49. The molecule has 2 rings (SSSR count). The van der Waals surface area contributed by atoms with Crippen molar-refractivity contribution in [3.8, 4) is 11.8 Å². The van der Waals surface area contributed by atoms with Crippen molar-refractivity contribution in [3.05, 3.63) is 70.3 Å². The SMILES string of the molecule is CC#Cc1ccc(CNCc2cc(C)cc(C)c2)cc1. The summed E-state index contributed by atoms with van der Waals surface area (Å²) in [5, 5.41) is 3.49. The predicted octanol–water partition coefficient (Wildman–Crippen LogP) is 3.96. The molecule has 2 aromatic carbocycles. The van der Waals surface area contributed by atoms with Gasteiger partial charge in [-0.2, -0.15) is 0 Å². The van der Waals surface area contributed by atoms with Gasteiger partial charge in [0.25, 0.3) is 0 Å². The smallest absolute Gasteiger partial charge is 0.0245 e. The van der Waals surface area contributed by atoms with E-state index in [9.17, 15) is 0 Å². The highest BCUT2D eigenvalue weighted by atomic mass is 14.8. The largest absolute Gasteiger partial charge is 0.309 e. The van der Waals surface area contributed by atoms with Crippen LogP contribution >= 0.6 is 0 Å². The lowest BCUT2D eigenvalue weighted by Gasteiger charge is -2.07. The van der Waals surface area contributed by atoms with E-state index in [4.69, 9.17) is 0 Å². The normalized spacial score (nSPS) is 9.95. The summed E-state index contributed by atoms with van der Waals surface area (Å²) in [5.41, 5.74) is 6.35. The lowest BCUT2D eigenvalue weighted by Crippen LogP contribution is -2.12. The second kappa shape index (κ2) is 6.93. The lowest BCUT2D eigenvalue weighted by atomic mass is 10.1. The summed E-state index contributed by atoms with van der Waals surface area (Å²) in [6.45, 7) is 7.93. The van der Waals surface area contributed by atoms with E-state index >= 15 is 0 Å². The van der Waals surface area contributed by atoms with Crippen LogP contribution in [0.4, 0.5) is 0 Å². The molecule has 0 spiro atoms. The quantitative estimate of drug-likeness (QED) is 0.823. The molecule has 1 N–H and O–H groups in total. The van der Waals surface area contributed by atoms with Gasteiger partial charge in [-0.25, -0.2) is 0 Å². The van der Waals surface area contributed by atoms with E-state index in [0.717, 1.165) is 18.7 Å². The molecule has 1 heteroatoms. The van der Waals surface area contributed by atoms with E-state index in [0.29, 0.717) is 0 Å². The van der Waals surface area contributed by atoms with Gasteiger partial charge in [0.15, 0.2) is 0 Å². The predicted molar refractivity (Wildman–Crippen MR) is 85.5 cm³/mol. The van der Waals surface area contributed by atoms with E-state index in [1.165, 1.54) is 22.3 Å². The maximum Gasteiger partial charge on any atom is 0.0245 e. The van der Waals surface area contributed by atoms with Crippen molar-refractivity contribution in [1.29, 1.82) is 0 Å². The highest BCUT2D eigenvalue weighted by molar-refractivity contribution is 5.35. The molecule has 0 radical (unpaired) electrons. The fourth-order valence-electron chi connectivity index (χ4n) is 2.37. The average Bonchev–Trinajstić information content (AvgIpc) is 2.40. The molecule has 0 aromatic heterocycles. The van der Waals surface area contributed by atoms with E-state index < -0.39 is 0 Å². The van der Waals surface area contributed by atoms with Gasteiger partial charge in [-0.3, -0.25) is 0 Å². The summed E-state index contributed by atoms with van der Waals surface area (Å²) in [5.74, 6) is 5.97. The fraction of sp³-hybridized carbons (Fsp3) is 0.263. The van der Waals surface area contributed by atoms with Gasteiger partial charge in [-0.1, -0.05) is 47.4 Å². The molecule has 102 valence electrons. The molecule has 20 heavy (non-hydrogen) atoms. The third-order valence-electron chi connectivity index (χ3n) is 3.16. The highest BCUT2D eigenvalue weighted by Crippen LogP contribution is 2.09. The first-order valence-corrected chi connectivity index (χ1v) is 6.97. The Morgan fingerprint density at radius 1 is 0.850 bits per heavy atom. The Labute approximate surface area is 122 Å². The van der Waals surface area contributed by atoms with Crippen LogP contribution in [0.3, 0.4) is 0 Å². The molecule has 0 fully saturated rings. The third kappa shape index (κ3) is 4.26. The van der Waals surface area contributed by atoms with E-state index in [1.807, 2.05) is 6.92 Å². The highest BCUT2D eigenvalue weighted by Gasteiger charge is 1.97. The molecule has 0 aliphatic carbocycles. The minimum atomic E-state index is 0.882. The van der Waals surface area contributed by atoms with Crippen molar-refractivity contribution in [2.24, 2.45) is 0 Å². The first-order valence-electron chi connectivity index (χ1n) is 6.97. The van der Waals surface area contributed by atoms with E-state index in [-0.39, 0.29) is 0 Å². The lowest BCUT2D eigenvalue weighted by molar-refractivity contribution is 0.692. The first-order chi connectivity index (χ1) is 9.67. The monoisotopic (exact) mass is 263 g/mol. The number of rotatable bonds is 4. The molecule has 0 aliphatic heterocycles. The molecule has 0 atom stereocenters. The number of hydrogen-bond acceptors (Lipinski definition) is 1. The summed E-state index contributed by atoms with van der Waals surface area (Å²) in [6.07, 6.45) is 0. The van der Waals surface area contributed by atoms with Gasteiger partial charge in [0.2, 0.25) is 0 Å². The van der Waals surface area contributed by atoms with Crippen LogP contribution in [-0.2, 0) is 13.1 Å². The molecule has 2 aromatic rings. The molecule has 0 bridgehead atoms. The molecule has 0 saturated carbocycles. The van der Waals surface area contributed by atoms with Crippen LogP contribution in [0, 0.1) is 25.7 Å². The zero-order valence-electron chi connectivity index (χ0n) is 12.5. The minimum Gasteiger partial charge on any atom is -0.309 e. The molecular weight excluding hydrogens is 242 g/mol. The molecule has 0 saturated heterocycles. The van der Waals surface area contributed by atoms with Crippen molar-refractivity contribution >= 4 is 0 Å². The summed E-state index contributed by atoms with van der Waals surface area (Å²) in [4.78, 5) is 0. The van der Waals surface area contributed by atoms with Gasteiger partial charge in [-0.05, 0) is 44.0 Å². The van der Waals surface area contributed by atoms with Crippen LogP contribution in [0.15, 0.2) is 42.5 Å². The van der Waals surface area contributed by atoms with Crippen molar-refractivity contribution in [2.75, 3.05) is 0 Å². The van der Waals surface area contributed by atoms with Crippen LogP contribution in [0.5, 0.6) is 0 Å².